The number of hydroxylamine groups is 1. The molecule has 0 saturated carbocycles. The monoisotopic (exact) mass is 472 g/mol. The van der Waals surface area contributed by atoms with Gasteiger partial charge in [0.1, 0.15) is 5.92 Å². The highest BCUT2D eigenvalue weighted by Crippen LogP contribution is 2.48. The minimum Gasteiger partial charge on any atom is -0.490 e. The number of ether oxygens (including phenoxy) is 2. The number of anilines is 2. The maximum absolute atomic E-state index is 13.7. The quantitative estimate of drug-likeness (QED) is 0.433. The summed E-state index contributed by atoms with van der Waals surface area (Å²) in [6, 6.07) is 23.7. The van der Waals surface area contributed by atoms with Crippen molar-refractivity contribution in [3.05, 3.63) is 84.4 Å². The smallest absolute Gasteiger partial charge is 0.266 e. The molecule has 0 bridgehead atoms. The summed E-state index contributed by atoms with van der Waals surface area (Å²) in [6.45, 7) is 5.01. The lowest BCUT2D eigenvalue weighted by molar-refractivity contribution is -0.126. The summed E-state index contributed by atoms with van der Waals surface area (Å²) in [5, 5.41) is 1.69. The SMILES string of the molecule is CCCOc1ccc([C@@H]2[C@@H]3C(=O)N(c4ccccc4)C(=O)[C@H]3ON2c2ccccc2)cc1OCC. The standard InChI is InChI=1S/C28H28N2O5/c1-3-17-34-22-16-15-19(18-23(22)33-4-2)25-24-26(35-30(25)21-13-9-6-10-14-21)28(32)29(27(24)31)20-11-7-5-8-12-20/h5-16,18,24-26H,3-4,17H2,1-2H3/t24-,25+,26-/m0/s1. The number of carbonyl (C=O) groups is 2. The van der Waals surface area contributed by atoms with Gasteiger partial charge in [-0.3, -0.25) is 14.4 Å². The van der Waals surface area contributed by atoms with E-state index in [4.69, 9.17) is 14.3 Å². The Bertz CT molecular complexity index is 1200. The van der Waals surface area contributed by atoms with Crippen molar-refractivity contribution in [2.75, 3.05) is 23.2 Å². The maximum atomic E-state index is 13.7. The molecule has 180 valence electrons. The van der Waals surface area contributed by atoms with Crippen LogP contribution in [-0.2, 0) is 14.4 Å². The van der Waals surface area contributed by atoms with Gasteiger partial charge in [-0.1, -0.05) is 49.4 Å². The highest BCUT2D eigenvalue weighted by molar-refractivity contribution is 6.23. The molecule has 0 radical (unpaired) electrons. The van der Waals surface area contributed by atoms with Crippen molar-refractivity contribution >= 4 is 23.2 Å². The Morgan fingerprint density at radius 1 is 0.800 bits per heavy atom. The first-order valence-electron chi connectivity index (χ1n) is 12.0. The second-order valence-electron chi connectivity index (χ2n) is 8.49. The lowest BCUT2D eigenvalue weighted by Crippen LogP contribution is -2.37. The molecule has 0 aromatic heterocycles. The van der Waals surface area contributed by atoms with E-state index in [9.17, 15) is 9.59 Å². The number of rotatable bonds is 8. The molecule has 5 rings (SSSR count). The van der Waals surface area contributed by atoms with Gasteiger partial charge in [0.2, 0.25) is 5.91 Å². The zero-order valence-corrected chi connectivity index (χ0v) is 19.8. The summed E-state index contributed by atoms with van der Waals surface area (Å²) in [6.07, 6.45) is -0.0409. The van der Waals surface area contributed by atoms with Crippen molar-refractivity contribution in [2.24, 2.45) is 5.92 Å². The van der Waals surface area contributed by atoms with Crippen molar-refractivity contribution in [1.29, 1.82) is 0 Å². The fourth-order valence-corrected chi connectivity index (χ4v) is 4.69. The zero-order chi connectivity index (χ0) is 24.4. The lowest BCUT2D eigenvalue weighted by Gasteiger charge is -2.29. The average molecular weight is 473 g/mol. The van der Waals surface area contributed by atoms with E-state index in [0.29, 0.717) is 30.4 Å². The summed E-state index contributed by atoms with van der Waals surface area (Å²) >= 11 is 0. The first kappa shape index (κ1) is 22.9. The molecule has 3 aromatic rings. The van der Waals surface area contributed by atoms with Crippen LogP contribution in [0.25, 0.3) is 0 Å². The number of para-hydroxylation sites is 2. The van der Waals surface area contributed by atoms with Gasteiger partial charge in [0, 0.05) is 0 Å². The van der Waals surface area contributed by atoms with Crippen LogP contribution in [0.3, 0.4) is 0 Å². The first-order valence-corrected chi connectivity index (χ1v) is 12.0. The van der Waals surface area contributed by atoms with Crippen LogP contribution in [0.1, 0.15) is 31.9 Å². The molecular weight excluding hydrogens is 444 g/mol. The van der Waals surface area contributed by atoms with Crippen molar-refractivity contribution < 1.29 is 23.9 Å². The molecule has 0 aliphatic carbocycles. The van der Waals surface area contributed by atoms with Crippen LogP contribution >= 0.6 is 0 Å². The fraction of sp³-hybridized carbons (Fsp3) is 0.286. The van der Waals surface area contributed by atoms with Crippen molar-refractivity contribution in [1.82, 2.24) is 0 Å². The summed E-state index contributed by atoms with van der Waals surface area (Å²) in [4.78, 5) is 34.6. The van der Waals surface area contributed by atoms with Gasteiger partial charge in [-0.25, -0.2) is 9.96 Å². The van der Waals surface area contributed by atoms with Crippen LogP contribution in [0.5, 0.6) is 11.5 Å². The van der Waals surface area contributed by atoms with E-state index in [2.05, 4.69) is 0 Å². The van der Waals surface area contributed by atoms with Crippen LogP contribution in [0.15, 0.2) is 78.9 Å². The number of amides is 2. The second-order valence-corrected chi connectivity index (χ2v) is 8.49. The molecule has 2 aliphatic heterocycles. The van der Waals surface area contributed by atoms with Crippen LogP contribution < -0.4 is 19.4 Å². The highest BCUT2D eigenvalue weighted by atomic mass is 16.7. The molecule has 0 N–H and O–H groups in total. The van der Waals surface area contributed by atoms with Crippen molar-refractivity contribution in [2.45, 2.75) is 32.4 Å². The predicted molar refractivity (Wildman–Crippen MR) is 132 cm³/mol. The van der Waals surface area contributed by atoms with Crippen LogP contribution in [0.2, 0.25) is 0 Å². The molecule has 0 spiro atoms. The number of hydrogen-bond acceptors (Lipinski definition) is 6. The number of nitrogens with zero attached hydrogens (tertiary/aromatic N) is 2. The minimum absolute atomic E-state index is 0.279. The van der Waals surface area contributed by atoms with E-state index in [1.165, 1.54) is 4.90 Å². The molecule has 3 aromatic carbocycles. The topological polar surface area (TPSA) is 68.3 Å². The van der Waals surface area contributed by atoms with Gasteiger partial charge in [-0.2, -0.15) is 0 Å². The molecule has 2 fully saturated rings. The molecule has 0 unspecified atom stereocenters. The summed E-state index contributed by atoms with van der Waals surface area (Å²) in [7, 11) is 0. The normalized spacial score (nSPS) is 21.4. The Morgan fingerprint density at radius 3 is 2.14 bits per heavy atom. The zero-order valence-electron chi connectivity index (χ0n) is 19.8. The van der Waals surface area contributed by atoms with Crippen LogP contribution in [-0.4, -0.2) is 31.1 Å². The van der Waals surface area contributed by atoms with Gasteiger partial charge in [0.05, 0.1) is 30.6 Å². The molecular formula is C28H28N2O5. The summed E-state index contributed by atoms with van der Waals surface area (Å²) in [5.74, 6) is -0.0909. The Labute approximate surface area is 204 Å². The second kappa shape index (κ2) is 9.80. The Kier molecular flexibility index (Phi) is 6.42. The molecule has 3 atom stereocenters. The molecule has 35 heavy (non-hydrogen) atoms. The number of imide groups is 1. The summed E-state index contributed by atoms with van der Waals surface area (Å²) < 4.78 is 11.7. The molecule has 2 amide bonds. The number of fused-ring (bicyclic) bond motifs is 1. The van der Waals surface area contributed by atoms with Gasteiger partial charge in [0.25, 0.3) is 5.91 Å². The van der Waals surface area contributed by atoms with Crippen LogP contribution in [0, 0.1) is 5.92 Å². The minimum atomic E-state index is -0.917. The van der Waals surface area contributed by atoms with Gasteiger partial charge >= 0.3 is 0 Å². The van der Waals surface area contributed by atoms with E-state index in [0.717, 1.165) is 17.7 Å². The molecule has 2 saturated heterocycles. The predicted octanol–water partition coefficient (Wildman–Crippen LogP) is 4.93. The van der Waals surface area contributed by atoms with Crippen LogP contribution in [0.4, 0.5) is 11.4 Å². The van der Waals surface area contributed by atoms with E-state index in [-0.39, 0.29) is 11.8 Å². The van der Waals surface area contributed by atoms with E-state index in [1.54, 1.807) is 17.2 Å². The first-order chi connectivity index (χ1) is 17.1. The number of hydrogen-bond donors (Lipinski definition) is 0. The van der Waals surface area contributed by atoms with E-state index >= 15 is 0 Å². The van der Waals surface area contributed by atoms with E-state index < -0.39 is 18.1 Å². The highest BCUT2D eigenvalue weighted by Gasteiger charge is 2.60. The maximum Gasteiger partial charge on any atom is 0.266 e. The third-order valence-corrected chi connectivity index (χ3v) is 6.21. The largest absolute Gasteiger partial charge is 0.490 e. The molecule has 2 aliphatic rings. The van der Waals surface area contributed by atoms with Gasteiger partial charge in [-0.15, -0.1) is 0 Å². The molecule has 7 nitrogen and oxygen atoms in total. The van der Waals surface area contributed by atoms with Gasteiger partial charge in [-0.05, 0) is 55.3 Å². The fourth-order valence-electron chi connectivity index (χ4n) is 4.69. The van der Waals surface area contributed by atoms with Crippen molar-refractivity contribution in [3.63, 3.8) is 0 Å². The molecule has 2 heterocycles. The van der Waals surface area contributed by atoms with Crippen molar-refractivity contribution in [3.8, 4) is 11.5 Å². The Balaban J connectivity index is 1.57. The van der Waals surface area contributed by atoms with E-state index in [1.807, 2.05) is 80.6 Å². The molecule has 7 heteroatoms. The number of benzene rings is 3. The average Bonchev–Trinajstić information content (AvgIpc) is 3.40. The Morgan fingerprint density at radius 2 is 1.49 bits per heavy atom. The summed E-state index contributed by atoms with van der Waals surface area (Å²) in [5.41, 5.74) is 2.12. The third kappa shape index (κ3) is 4.12. The lowest BCUT2D eigenvalue weighted by atomic mass is 9.90. The number of carbonyl (C=O) groups excluding carboxylic acids is 2. The third-order valence-electron chi connectivity index (χ3n) is 6.21. The van der Waals surface area contributed by atoms with Gasteiger partial charge in [0.15, 0.2) is 17.6 Å². The Hall–Kier alpha value is -3.84. The van der Waals surface area contributed by atoms with Gasteiger partial charge < -0.3 is 9.47 Å².